The Labute approximate surface area is 299 Å². The summed E-state index contributed by atoms with van der Waals surface area (Å²) in [7, 11) is 0. The molecule has 0 atom stereocenters. The molecule has 2 aromatic rings. The Bertz CT molecular complexity index is 1550. The molecule has 2 aromatic carbocycles. The van der Waals surface area contributed by atoms with E-state index < -0.39 is 30.3 Å². The van der Waals surface area contributed by atoms with Crippen LogP contribution in [0.15, 0.2) is 42.5 Å². The van der Waals surface area contributed by atoms with Crippen LogP contribution in [0.3, 0.4) is 0 Å². The van der Waals surface area contributed by atoms with Crippen molar-refractivity contribution >= 4 is 47.0 Å². The fourth-order valence-electron chi connectivity index (χ4n) is 4.60. The molecule has 1 aliphatic rings. The van der Waals surface area contributed by atoms with Crippen molar-refractivity contribution in [3.05, 3.63) is 59.2 Å². The van der Waals surface area contributed by atoms with Crippen LogP contribution in [0.4, 0.5) is 37.7 Å². The molecular weight excluding hydrogens is 724 g/mol. The third-order valence-electron chi connectivity index (χ3n) is 7.16. The number of benzene rings is 2. The van der Waals surface area contributed by atoms with Gasteiger partial charge in [-0.2, -0.15) is 26.3 Å². The van der Waals surface area contributed by atoms with E-state index in [1.54, 1.807) is 29.2 Å². The Morgan fingerprint density at radius 1 is 0.755 bits per heavy atom. The lowest BCUT2D eigenvalue weighted by Crippen LogP contribution is -2.40. The number of fused-ring (bicyclic) bond motifs is 1. The monoisotopic (exact) mass is 765 g/mol. The average Bonchev–Trinajstić information content (AvgIpc) is 3.16. The lowest BCUT2D eigenvalue weighted by atomic mass is 10.0. The van der Waals surface area contributed by atoms with Crippen LogP contribution in [0, 0.1) is 0 Å². The second-order valence-corrected chi connectivity index (χ2v) is 11.4. The number of nitrogens with two attached hydrogens (primary N) is 2. The summed E-state index contributed by atoms with van der Waals surface area (Å²) in [6.45, 7) is 1.03. The summed E-state index contributed by atoms with van der Waals surface area (Å²) in [6, 6.07) is 12.8. The lowest BCUT2D eigenvalue weighted by Gasteiger charge is -2.23. The highest BCUT2D eigenvalue weighted by molar-refractivity contribution is 6.09. The minimum absolute atomic E-state index is 0.0547. The Kier molecular flexibility index (Phi) is 19.0. The number of aryl methyl sites for hydroxylation is 1. The molecule has 3 amide bonds. The fourth-order valence-corrected chi connectivity index (χ4v) is 4.60. The van der Waals surface area contributed by atoms with E-state index in [9.17, 15) is 50.6 Å². The summed E-state index contributed by atoms with van der Waals surface area (Å²) in [4.78, 5) is 70.9. The van der Waals surface area contributed by atoms with Gasteiger partial charge in [-0.15, -0.1) is 0 Å². The molecule has 53 heavy (non-hydrogen) atoms. The molecule has 1 heterocycles. The van der Waals surface area contributed by atoms with Crippen molar-refractivity contribution in [2.45, 2.75) is 70.3 Å². The number of rotatable bonds is 15. The summed E-state index contributed by atoms with van der Waals surface area (Å²) < 4.78 is 63.5. The van der Waals surface area contributed by atoms with E-state index in [-0.39, 0.29) is 43.8 Å². The lowest BCUT2D eigenvalue weighted by molar-refractivity contribution is -0.193. The Morgan fingerprint density at radius 3 is 1.89 bits per heavy atom. The number of amides is 3. The molecule has 0 aromatic heterocycles. The van der Waals surface area contributed by atoms with E-state index in [2.05, 4.69) is 5.32 Å². The number of nitrogens with one attached hydrogen (secondary N) is 1. The Balaban J connectivity index is 0.000000845. The molecule has 0 saturated carbocycles. The van der Waals surface area contributed by atoms with Gasteiger partial charge < -0.3 is 41.9 Å². The van der Waals surface area contributed by atoms with Gasteiger partial charge in [-0.1, -0.05) is 31.0 Å². The van der Waals surface area contributed by atoms with Crippen LogP contribution in [0.5, 0.6) is 0 Å². The van der Waals surface area contributed by atoms with Gasteiger partial charge in [-0.05, 0) is 74.2 Å². The molecule has 0 saturated heterocycles. The smallest absolute Gasteiger partial charge is 0.481 e. The van der Waals surface area contributed by atoms with Crippen molar-refractivity contribution in [3.63, 3.8) is 0 Å². The number of carboxylic acids is 3. The second kappa shape index (κ2) is 22.0. The third-order valence-corrected chi connectivity index (χ3v) is 7.16. The molecule has 3 rings (SSSR count). The van der Waals surface area contributed by atoms with Crippen LogP contribution in [0.25, 0.3) is 0 Å². The number of aliphatic carboxylic acids is 3. The molecule has 0 radical (unpaired) electrons. The molecule has 8 N–H and O–H groups in total. The molecule has 20 heteroatoms. The summed E-state index contributed by atoms with van der Waals surface area (Å²) in [5.74, 6) is -7.34. The zero-order valence-corrected chi connectivity index (χ0v) is 28.3. The Morgan fingerprint density at radius 2 is 1.34 bits per heavy atom. The summed E-state index contributed by atoms with van der Waals surface area (Å²) in [5.41, 5.74) is 14.3. The van der Waals surface area contributed by atoms with Gasteiger partial charge in [-0.25, -0.2) is 9.59 Å². The van der Waals surface area contributed by atoms with E-state index in [1.807, 2.05) is 18.2 Å². The number of nitrogens with zero attached hydrogens (tertiary/aromatic N) is 2. The molecule has 0 unspecified atom stereocenters. The number of hydrogen-bond donors (Lipinski definition) is 6. The summed E-state index contributed by atoms with van der Waals surface area (Å²) >= 11 is 0. The minimum Gasteiger partial charge on any atom is -0.481 e. The topological polar surface area (TPSA) is 234 Å². The first-order valence-electron chi connectivity index (χ1n) is 16.0. The predicted octanol–water partition coefficient (Wildman–Crippen LogP) is 4.16. The number of carbonyl (C=O) groups is 6. The van der Waals surface area contributed by atoms with Crippen LogP contribution in [0.1, 0.15) is 66.4 Å². The molecular formula is C33H41F6N5O9. The molecule has 1 aliphatic heterocycles. The van der Waals surface area contributed by atoms with Crippen molar-refractivity contribution < 1.29 is 70.4 Å². The van der Waals surface area contributed by atoms with Crippen LogP contribution in [-0.4, -0.2) is 94.4 Å². The summed E-state index contributed by atoms with van der Waals surface area (Å²) in [6.07, 6.45) is -4.68. The van der Waals surface area contributed by atoms with Gasteiger partial charge >= 0.3 is 30.3 Å². The highest BCUT2D eigenvalue weighted by Gasteiger charge is 2.39. The largest absolute Gasteiger partial charge is 0.490 e. The fraction of sp³-hybridized carbons (Fsp3) is 0.455. The first-order chi connectivity index (χ1) is 24.7. The molecule has 0 fully saturated rings. The van der Waals surface area contributed by atoms with Gasteiger partial charge in [0, 0.05) is 18.7 Å². The maximum Gasteiger partial charge on any atom is 0.490 e. The van der Waals surface area contributed by atoms with Crippen molar-refractivity contribution in [2.75, 3.05) is 36.4 Å². The SMILES string of the molecule is NCCCCCCc1ccc2c(c1)C(=O)N(CCC(=O)O)CC(=O)N2Cc1cccc(NC(=O)CCCN)c1.O=C(O)C(F)(F)F.O=C(O)C(F)(F)F. The minimum atomic E-state index is -5.08. The van der Waals surface area contributed by atoms with E-state index in [4.69, 9.17) is 31.3 Å². The molecule has 0 bridgehead atoms. The van der Waals surface area contributed by atoms with Crippen molar-refractivity contribution in [1.82, 2.24) is 4.90 Å². The molecule has 294 valence electrons. The second-order valence-electron chi connectivity index (χ2n) is 11.4. The van der Waals surface area contributed by atoms with Crippen LogP contribution < -0.4 is 21.7 Å². The number of carboxylic acid groups (broad SMARTS) is 3. The van der Waals surface area contributed by atoms with Crippen LogP contribution in [0.2, 0.25) is 0 Å². The Hall–Kier alpha value is -5.24. The predicted molar refractivity (Wildman–Crippen MR) is 178 cm³/mol. The van der Waals surface area contributed by atoms with E-state index in [0.717, 1.165) is 43.2 Å². The number of unbranched alkanes of at least 4 members (excludes halogenated alkanes) is 3. The number of alkyl halides is 6. The van der Waals surface area contributed by atoms with Crippen molar-refractivity contribution in [3.8, 4) is 0 Å². The first-order valence-corrected chi connectivity index (χ1v) is 16.0. The normalized spacial score (nSPS) is 12.8. The maximum absolute atomic E-state index is 13.5. The van der Waals surface area contributed by atoms with E-state index in [0.29, 0.717) is 42.9 Å². The quantitative estimate of drug-likeness (QED) is 0.111. The van der Waals surface area contributed by atoms with Gasteiger partial charge in [0.1, 0.15) is 6.54 Å². The maximum atomic E-state index is 13.5. The van der Waals surface area contributed by atoms with E-state index in [1.165, 1.54) is 4.90 Å². The highest BCUT2D eigenvalue weighted by atomic mass is 19.4. The zero-order valence-electron chi connectivity index (χ0n) is 28.3. The van der Waals surface area contributed by atoms with Gasteiger partial charge in [-0.3, -0.25) is 19.2 Å². The van der Waals surface area contributed by atoms with Crippen molar-refractivity contribution in [1.29, 1.82) is 0 Å². The standard InChI is InChI=1S/C29H39N5O5.2C2HF3O2/c30-14-4-2-1-3-7-21-11-12-25-24(18-21)29(39)33(16-13-28(37)38)20-27(36)34(25)19-22-8-5-9-23(17-22)32-26(35)10-6-15-31;2*3-2(4,5)1(6)7/h5,8-9,11-12,17-18H,1-4,6-7,10,13-16,19-20,30-31H2,(H,32,35)(H,37,38);2*(H,6,7). The van der Waals surface area contributed by atoms with Gasteiger partial charge in [0.25, 0.3) is 5.91 Å². The molecule has 0 aliphatic carbocycles. The van der Waals surface area contributed by atoms with Gasteiger partial charge in [0.2, 0.25) is 11.8 Å². The number of anilines is 2. The molecule has 0 spiro atoms. The zero-order chi connectivity index (χ0) is 40.4. The van der Waals surface area contributed by atoms with Crippen molar-refractivity contribution in [2.24, 2.45) is 11.5 Å². The number of hydrogen-bond acceptors (Lipinski definition) is 8. The third kappa shape index (κ3) is 17.2. The molecule has 14 nitrogen and oxygen atoms in total. The van der Waals surface area contributed by atoms with E-state index >= 15 is 0 Å². The summed E-state index contributed by atoms with van der Waals surface area (Å²) in [5, 5.41) is 26.3. The van der Waals surface area contributed by atoms with Gasteiger partial charge in [0.15, 0.2) is 0 Å². The number of halogens is 6. The van der Waals surface area contributed by atoms with Crippen LogP contribution >= 0.6 is 0 Å². The number of carbonyl (C=O) groups excluding carboxylic acids is 3. The first kappa shape index (κ1) is 45.8. The highest BCUT2D eigenvalue weighted by Crippen LogP contribution is 2.30. The van der Waals surface area contributed by atoms with Gasteiger partial charge in [0.05, 0.1) is 24.2 Å². The average molecular weight is 766 g/mol. The van der Waals surface area contributed by atoms with Crippen LogP contribution in [-0.2, 0) is 36.9 Å².